The highest BCUT2D eigenvalue weighted by Gasteiger charge is 2.32. The van der Waals surface area contributed by atoms with E-state index < -0.39 is 25.1 Å². The topological polar surface area (TPSA) is 149 Å². The number of morpholine rings is 1. The molecule has 1 aliphatic heterocycles. The summed E-state index contributed by atoms with van der Waals surface area (Å²) in [5, 5.41) is 27.3. The van der Waals surface area contributed by atoms with E-state index in [1.165, 1.54) is 11.8 Å². The minimum Gasteiger partial charge on any atom is -0.480 e. The number of rotatable bonds is 6. The highest BCUT2D eigenvalue weighted by molar-refractivity contribution is 6.43. The molecule has 2 atom stereocenters. The SMILES string of the molecule is CC(C)C[C@H](N)B(O)O.C[C@@H](C(=O)O)N(C(=O)N1CCOCC1)c1ccc2ccccc2n1. The second kappa shape index (κ2) is 12.5. The summed E-state index contributed by atoms with van der Waals surface area (Å²) in [5.74, 6) is -0.821. The van der Waals surface area contributed by atoms with Crippen LogP contribution < -0.4 is 10.6 Å². The number of aliphatic carboxylic acids is 1. The van der Waals surface area contributed by atoms with Crippen molar-refractivity contribution in [3.8, 4) is 0 Å². The number of pyridine rings is 1. The molecule has 1 aromatic carbocycles. The predicted molar refractivity (Wildman–Crippen MR) is 127 cm³/mol. The van der Waals surface area contributed by atoms with Gasteiger partial charge in [0.1, 0.15) is 11.9 Å². The number of hydrogen-bond donors (Lipinski definition) is 4. The number of aromatic nitrogens is 1. The van der Waals surface area contributed by atoms with Crippen molar-refractivity contribution >= 4 is 35.8 Å². The Morgan fingerprint density at radius 3 is 2.33 bits per heavy atom. The molecule has 0 aliphatic carbocycles. The molecule has 1 fully saturated rings. The third-order valence-electron chi connectivity index (χ3n) is 5.19. The van der Waals surface area contributed by atoms with Gasteiger partial charge in [0.2, 0.25) is 0 Å². The van der Waals surface area contributed by atoms with Crippen LogP contribution in [0.2, 0.25) is 0 Å². The first kappa shape index (κ1) is 26.5. The largest absolute Gasteiger partial charge is 0.480 e. The van der Waals surface area contributed by atoms with Crippen LogP contribution in [0, 0.1) is 5.92 Å². The first-order valence-electron chi connectivity index (χ1n) is 11.0. The fourth-order valence-corrected chi connectivity index (χ4v) is 3.33. The fourth-order valence-electron chi connectivity index (χ4n) is 3.33. The Morgan fingerprint density at radius 2 is 1.79 bits per heavy atom. The Hall–Kier alpha value is -2.73. The van der Waals surface area contributed by atoms with Gasteiger partial charge in [-0.15, -0.1) is 0 Å². The summed E-state index contributed by atoms with van der Waals surface area (Å²) >= 11 is 0. The van der Waals surface area contributed by atoms with Gasteiger partial charge >= 0.3 is 19.1 Å². The van der Waals surface area contributed by atoms with Crippen LogP contribution in [0.4, 0.5) is 10.6 Å². The van der Waals surface area contributed by atoms with Crippen molar-refractivity contribution < 1.29 is 29.5 Å². The first-order valence-corrected chi connectivity index (χ1v) is 11.0. The summed E-state index contributed by atoms with van der Waals surface area (Å²) in [6.07, 6.45) is 0.650. The quantitative estimate of drug-likeness (QED) is 0.472. The zero-order valence-electron chi connectivity index (χ0n) is 19.3. The minimum atomic E-state index is -1.37. The molecule has 1 aliphatic rings. The highest BCUT2D eigenvalue weighted by atomic mass is 16.5. The summed E-state index contributed by atoms with van der Waals surface area (Å²) in [4.78, 5) is 31.7. The Morgan fingerprint density at radius 1 is 1.15 bits per heavy atom. The molecule has 5 N–H and O–H groups in total. The number of amides is 2. The van der Waals surface area contributed by atoms with Gasteiger partial charge in [-0.25, -0.2) is 14.6 Å². The van der Waals surface area contributed by atoms with E-state index >= 15 is 0 Å². The number of nitrogens with zero attached hydrogens (tertiary/aromatic N) is 3. The number of urea groups is 1. The van der Waals surface area contributed by atoms with E-state index in [0.29, 0.717) is 50.0 Å². The van der Waals surface area contributed by atoms with E-state index in [4.69, 9.17) is 20.5 Å². The average molecular weight is 460 g/mol. The zero-order chi connectivity index (χ0) is 24.5. The lowest BCUT2D eigenvalue weighted by Crippen LogP contribution is -2.53. The van der Waals surface area contributed by atoms with Gasteiger partial charge in [-0.05, 0) is 37.5 Å². The molecule has 10 nitrogen and oxygen atoms in total. The van der Waals surface area contributed by atoms with E-state index in [9.17, 15) is 14.7 Å². The number of ether oxygens (including phenoxy) is 1. The number of fused-ring (bicyclic) bond motifs is 1. The molecule has 0 bridgehead atoms. The van der Waals surface area contributed by atoms with Crippen molar-refractivity contribution in [3.63, 3.8) is 0 Å². The number of carbonyl (C=O) groups excluding carboxylic acids is 1. The molecule has 0 radical (unpaired) electrons. The Labute approximate surface area is 194 Å². The van der Waals surface area contributed by atoms with E-state index in [0.717, 1.165) is 5.39 Å². The highest BCUT2D eigenvalue weighted by Crippen LogP contribution is 2.22. The van der Waals surface area contributed by atoms with E-state index in [1.807, 2.05) is 44.2 Å². The summed E-state index contributed by atoms with van der Waals surface area (Å²) in [6.45, 7) is 7.24. The summed E-state index contributed by atoms with van der Waals surface area (Å²) in [6, 6.07) is 9.65. The third-order valence-corrected chi connectivity index (χ3v) is 5.19. The van der Waals surface area contributed by atoms with Crippen LogP contribution in [0.15, 0.2) is 36.4 Å². The summed E-state index contributed by atoms with van der Waals surface area (Å²) in [7, 11) is -1.37. The molecular formula is C22H33BN4O6. The summed E-state index contributed by atoms with van der Waals surface area (Å²) < 4.78 is 5.26. The van der Waals surface area contributed by atoms with Gasteiger partial charge in [-0.2, -0.15) is 0 Å². The van der Waals surface area contributed by atoms with Crippen LogP contribution in [0.1, 0.15) is 27.2 Å². The molecule has 2 aromatic rings. The number of benzene rings is 1. The molecule has 2 heterocycles. The van der Waals surface area contributed by atoms with E-state index in [-0.39, 0.29) is 6.03 Å². The van der Waals surface area contributed by atoms with Crippen molar-refractivity contribution in [2.24, 2.45) is 11.7 Å². The number of para-hydroxylation sites is 1. The maximum absolute atomic E-state index is 12.9. The van der Waals surface area contributed by atoms with Crippen LogP contribution in [-0.4, -0.2) is 82.4 Å². The van der Waals surface area contributed by atoms with Crippen LogP contribution in [0.25, 0.3) is 10.9 Å². The van der Waals surface area contributed by atoms with Crippen molar-refractivity contribution in [2.75, 3.05) is 31.2 Å². The van der Waals surface area contributed by atoms with Crippen molar-refractivity contribution in [3.05, 3.63) is 36.4 Å². The lowest BCUT2D eigenvalue weighted by Gasteiger charge is -2.34. The molecule has 1 aromatic heterocycles. The third kappa shape index (κ3) is 7.67. The van der Waals surface area contributed by atoms with Crippen LogP contribution in [0.5, 0.6) is 0 Å². The lowest BCUT2D eigenvalue weighted by molar-refractivity contribution is -0.138. The summed E-state index contributed by atoms with van der Waals surface area (Å²) in [5.41, 5.74) is 6.03. The number of hydrogen-bond acceptors (Lipinski definition) is 7. The normalized spacial score (nSPS) is 15.4. The molecule has 11 heteroatoms. The average Bonchev–Trinajstić information content (AvgIpc) is 2.79. The van der Waals surface area contributed by atoms with Crippen molar-refractivity contribution in [2.45, 2.75) is 39.2 Å². The second-order valence-corrected chi connectivity index (χ2v) is 8.34. The Balaban J connectivity index is 0.000000365. The van der Waals surface area contributed by atoms with Crippen molar-refractivity contribution in [1.82, 2.24) is 9.88 Å². The monoisotopic (exact) mass is 460 g/mol. The fraction of sp³-hybridized carbons (Fsp3) is 0.500. The van der Waals surface area contributed by atoms with Crippen LogP contribution >= 0.6 is 0 Å². The van der Waals surface area contributed by atoms with Gasteiger partial charge in [0.05, 0.1) is 18.7 Å². The predicted octanol–water partition coefficient (Wildman–Crippen LogP) is 1.34. The van der Waals surface area contributed by atoms with E-state index in [2.05, 4.69) is 4.98 Å². The molecule has 180 valence electrons. The number of nitrogens with two attached hydrogens (primary N) is 1. The number of anilines is 1. The smallest absolute Gasteiger partial charge is 0.469 e. The van der Waals surface area contributed by atoms with Gasteiger partial charge in [-0.1, -0.05) is 32.0 Å². The Bertz CT molecular complexity index is 923. The molecule has 33 heavy (non-hydrogen) atoms. The van der Waals surface area contributed by atoms with Gasteiger partial charge in [0, 0.05) is 24.4 Å². The molecule has 0 saturated carbocycles. The molecule has 1 saturated heterocycles. The number of carbonyl (C=O) groups is 2. The molecule has 2 amide bonds. The minimum absolute atomic E-state index is 0.333. The van der Waals surface area contributed by atoms with Gasteiger partial charge in [0.15, 0.2) is 0 Å². The molecule has 3 rings (SSSR count). The van der Waals surface area contributed by atoms with Crippen LogP contribution in [-0.2, 0) is 9.53 Å². The first-order chi connectivity index (χ1) is 15.6. The van der Waals surface area contributed by atoms with Gasteiger partial charge in [0.25, 0.3) is 0 Å². The van der Waals surface area contributed by atoms with Gasteiger partial charge in [-0.3, -0.25) is 4.90 Å². The zero-order valence-corrected chi connectivity index (χ0v) is 19.3. The molecule has 0 spiro atoms. The number of carboxylic acid groups (broad SMARTS) is 1. The molecule has 0 unspecified atom stereocenters. The second-order valence-electron chi connectivity index (χ2n) is 8.34. The number of carboxylic acids is 1. The standard InChI is InChI=1S/C17H19N3O4.C5H14BNO2/c1-12(16(21)22)20(17(23)19-8-10-24-11-9-19)15-7-6-13-4-2-3-5-14(13)18-15;1-4(2)3-5(7)6(8)9/h2-7,12H,8-11H2,1H3,(H,21,22);4-5,8-9H,3,7H2,1-2H3/t12-;5-/m00/s1. The maximum atomic E-state index is 12.9. The Kier molecular flexibility index (Phi) is 10.0. The van der Waals surface area contributed by atoms with Crippen molar-refractivity contribution in [1.29, 1.82) is 0 Å². The van der Waals surface area contributed by atoms with Crippen LogP contribution in [0.3, 0.4) is 0 Å². The maximum Gasteiger partial charge on any atom is 0.469 e. The van der Waals surface area contributed by atoms with Gasteiger partial charge < -0.3 is 30.5 Å². The lowest BCUT2D eigenvalue weighted by atomic mass is 9.76. The molecular weight excluding hydrogens is 427 g/mol. The van der Waals surface area contributed by atoms with E-state index in [1.54, 1.807) is 11.0 Å².